The average Bonchev–Trinajstić information content (AvgIpc) is 3.04. The zero-order chi connectivity index (χ0) is 21.8. The zero-order valence-corrected chi connectivity index (χ0v) is 18.2. The van der Waals surface area contributed by atoms with Crippen molar-refractivity contribution >= 4 is 11.9 Å². The molecule has 0 aliphatic heterocycles. The minimum absolute atomic E-state index is 0.128. The van der Waals surface area contributed by atoms with E-state index in [9.17, 15) is 14.7 Å². The van der Waals surface area contributed by atoms with Crippen LogP contribution in [0.1, 0.15) is 57.6 Å². The lowest BCUT2D eigenvalue weighted by Crippen LogP contribution is -2.30. The molecule has 2 aliphatic carbocycles. The second-order valence-corrected chi connectivity index (χ2v) is 9.08. The van der Waals surface area contributed by atoms with Gasteiger partial charge in [-0.1, -0.05) is 32.9 Å². The number of aliphatic hydroxyl groups is 1. The molecule has 1 aromatic rings. The van der Waals surface area contributed by atoms with Gasteiger partial charge in [0.15, 0.2) is 6.61 Å². The number of aliphatic carboxylic acids is 1. The maximum atomic E-state index is 12.3. The van der Waals surface area contributed by atoms with Gasteiger partial charge in [-0.2, -0.15) is 0 Å². The van der Waals surface area contributed by atoms with Gasteiger partial charge in [-0.3, -0.25) is 4.79 Å². The van der Waals surface area contributed by atoms with Gasteiger partial charge in [0.05, 0.1) is 12.0 Å². The number of rotatable bonds is 9. The van der Waals surface area contributed by atoms with E-state index in [0.29, 0.717) is 24.0 Å². The van der Waals surface area contributed by atoms with Crippen LogP contribution in [0.25, 0.3) is 0 Å². The van der Waals surface area contributed by atoms with Gasteiger partial charge in [0.1, 0.15) is 11.9 Å². The second-order valence-electron chi connectivity index (χ2n) is 9.08. The van der Waals surface area contributed by atoms with Crippen LogP contribution in [0, 0.1) is 23.7 Å². The van der Waals surface area contributed by atoms with Crippen LogP contribution in [0.15, 0.2) is 18.2 Å². The topological polar surface area (TPSA) is 93.1 Å². The number of benzene rings is 1. The molecular formula is C24H34O6. The van der Waals surface area contributed by atoms with E-state index in [4.69, 9.17) is 14.6 Å². The van der Waals surface area contributed by atoms with Crippen LogP contribution in [0.3, 0.4) is 0 Å². The van der Waals surface area contributed by atoms with Gasteiger partial charge in [0.2, 0.25) is 0 Å². The molecule has 0 aromatic heterocycles. The molecule has 1 saturated carbocycles. The first-order chi connectivity index (χ1) is 14.3. The van der Waals surface area contributed by atoms with E-state index >= 15 is 0 Å². The molecule has 2 aliphatic rings. The number of carbonyl (C=O) groups is 2. The Labute approximate surface area is 178 Å². The molecular weight excluding hydrogens is 384 g/mol. The Kier molecular flexibility index (Phi) is 7.40. The monoisotopic (exact) mass is 418 g/mol. The third-order valence-electron chi connectivity index (χ3n) is 6.71. The molecule has 30 heavy (non-hydrogen) atoms. The molecule has 1 fully saturated rings. The van der Waals surface area contributed by atoms with Crippen molar-refractivity contribution in [1.82, 2.24) is 0 Å². The third-order valence-corrected chi connectivity index (χ3v) is 6.71. The summed E-state index contributed by atoms with van der Waals surface area (Å²) < 4.78 is 11.5. The molecule has 0 heterocycles. The van der Waals surface area contributed by atoms with Gasteiger partial charge in [0.25, 0.3) is 0 Å². The summed E-state index contributed by atoms with van der Waals surface area (Å²) in [6, 6.07) is 5.84. The van der Waals surface area contributed by atoms with Crippen molar-refractivity contribution in [3.8, 4) is 5.75 Å². The summed E-state index contributed by atoms with van der Waals surface area (Å²) >= 11 is 0. The number of fused-ring (bicyclic) bond motifs is 2. The van der Waals surface area contributed by atoms with Crippen LogP contribution in [0.4, 0.5) is 0 Å². The number of hydrogen-bond donors (Lipinski definition) is 2. The Morgan fingerprint density at radius 1 is 1.23 bits per heavy atom. The Balaban J connectivity index is 1.80. The highest BCUT2D eigenvalue weighted by molar-refractivity contribution is 5.71. The highest BCUT2D eigenvalue weighted by Gasteiger charge is 2.47. The number of ether oxygens (including phenoxy) is 2. The van der Waals surface area contributed by atoms with Gasteiger partial charge in [-0.25, -0.2) is 4.79 Å². The second kappa shape index (κ2) is 9.82. The minimum atomic E-state index is -0.989. The molecule has 5 atom stereocenters. The summed E-state index contributed by atoms with van der Waals surface area (Å²) in [5.41, 5.74) is 2.28. The van der Waals surface area contributed by atoms with Gasteiger partial charge in [-0.15, -0.1) is 0 Å². The van der Waals surface area contributed by atoms with Crippen LogP contribution in [-0.2, 0) is 27.2 Å². The molecule has 0 amide bonds. The van der Waals surface area contributed by atoms with Crippen LogP contribution in [0.2, 0.25) is 0 Å². The number of hydrogen-bond acceptors (Lipinski definition) is 5. The quantitative estimate of drug-likeness (QED) is 0.595. The molecule has 6 nitrogen and oxygen atoms in total. The first-order valence-corrected chi connectivity index (χ1v) is 11.1. The fourth-order valence-corrected chi connectivity index (χ4v) is 5.06. The normalized spacial score (nSPS) is 26.0. The van der Waals surface area contributed by atoms with Crippen LogP contribution >= 0.6 is 0 Å². The van der Waals surface area contributed by atoms with Gasteiger partial charge < -0.3 is 19.7 Å². The summed E-state index contributed by atoms with van der Waals surface area (Å²) in [4.78, 5) is 23.2. The van der Waals surface area contributed by atoms with Crippen molar-refractivity contribution in [2.75, 3.05) is 6.61 Å². The van der Waals surface area contributed by atoms with Crippen molar-refractivity contribution in [2.45, 2.75) is 71.5 Å². The highest BCUT2D eigenvalue weighted by atomic mass is 16.5. The smallest absolute Gasteiger partial charge is 0.341 e. The number of aliphatic hydroxyl groups excluding tert-OH is 1. The standard InChI is InChI=1S/C24H34O6/c1-4-17(25)8-9-18-19-10-15-6-5-7-21(29-13-23(26)27)20(15)11-16(19)12-22(18)30-24(28)14(2)3/h5-7,14,16-19,22,25H,4,8-13H2,1-3H3,(H,26,27)/t16-,17-,18+,19-,22+/m0/s1. The van der Waals surface area contributed by atoms with Crippen molar-refractivity contribution in [1.29, 1.82) is 0 Å². The molecule has 0 saturated heterocycles. The van der Waals surface area contributed by atoms with Crippen molar-refractivity contribution in [2.24, 2.45) is 23.7 Å². The molecule has 0 bridgehead atoms. The lowest BCUT2D eigenvalue weighted by Gasteiger charge is -2.32. The lowest BCUT2D eigenvalue weighted by atomic mass is 9.73. The Morgan fingerprint density at radius 3 is 2.67 bits per heavy atom. The molecule has 0 unspecified atom stereocenters. The molecule has 166 valence electrons. The summed E-state index contributed by atoms with van der Waals surface area (Å²) in [7, 11) is 0. The van der Waals surface area contributed by atoms with Gasteiger partial charge >= 0.3 is 11.9 Å². The van der Waals surface area contributed by atoms with Gasteiger partial charge in [-0.05, 0) is 73.5 Å². The van der Waals surface area contributed by atoms with Crippen molar-refractivity contribution < 1.29 is 29.3 Å². The summed E-state index contributed by atoms with van der Waals surface area (Å²) in [5, 5.41) is 19.1. The molecule has 1 aromatic carbocycles. The minimum Gasteiger partial charge on any atom is -0.482 e. The third kappa shape index (κ3) is 5.15. The largest absolute Gasteiger partial charge is 0.482 e. The lowest BCUT2D eigenvalue weighted by molar-refractivity contribution is -0.155. The maximum absolute atomic E-state index is 12.3. The SMILES string of the molecule is CC[C@H](O)CC[C@@H]1[C@H]2Cc3cccc(OCC(=O)O)c3C[C@H]2C[C@H]1OC(=O)C(C)C. The van der Waals surface area contributed by atoms with E-state index in [1.165, 1.54) is 5.56 Å². The first kappa shape index (κ1) is 22.6. The Hall–Kier alpha value is -2.08. The zero-order valence-electron chi connectivity index (χ0n) is 18.2. The van der Waals surface area contributed by atoms with Crippen LogP contribution < -0.4 is 4.74 Å². The summed E-state index contributed by atoms with van der Waals surface area (Å²) in [6.45, 7) is 5.33. The van der Waals surface area contributed by atoms with E-state index in [2.05, 4.69) is 6.07 Å². The molecule has 3 rings (SSSR count). The van der Waals surface area contributed by atoms with E-state index in [1.807, 2.05) is 32.9 Å². The van der Waals surface area contributed by atoms with E-state index in [-0.39, 0.29) is 36.6 Å². The fourth-order valence-electron chi connectivity index (χ4n) is 5.06. The van der Waals surface area contributed by atoms with Crippen LogP contribution in [-0.4, -0.2) is 41.0 Å². The predicted molar refractivity (Wildman–Crippen MR) is 112 cm³/mol. The Bertz CT molecular complexity index is 758. The summed E-state index contributed by atoms with van der Waals surface area (Å²) in [5.74, 6) is 0.314. The fraction of sp³-hybridized carbons (Fsp3) is 0.667. The van der Waals surface area contributed by atoms with E-state index in [1.54, 1.807) is 0 Å². The number of carboxylic acid groups (broad SMARTS) is 1. The molecule has 2 N–H and O–H groups in total. The first-order valence-electron chi connectivity index (χ1n) is 11.1. The highest BCUT2D eigenvalue weighted by Crippen LogP contribution is 2.49. The van der Waals surface area contributed by atoms with E-state index < -0.39 is 5.97 Å². The molecule has 0 radical (unpaired) electrons. The number of carboxylic acids is 1. The Morgan fingerprint density at radius 2 is 2.00 bits per heavy atom. The van der Waals surface area contributed by atoms with Crippen molar-refractivity contribution in [3.05, 3.63) is 29.3 Å². The van der Waals surface area contributed by atoms with E-state index in [0.717, 1.165) is 37.7 Å². The maximum Gasteiger partial charge on any atom is 0.341 e. The van der Waals surface area contributed by atoms with Gasteiger partial charge in [0, 0.05) is 0 Å². The van der Waals surface area contributed by atoms with Crippen LogP contribution in [0.5, 0.6) is 5.75 Å². The molecule has 6 heteroatoms. The number of esters is 1. The van der Waals surface area contributed by atoms with Crippen molar-refractivity contribution in [3.63, 3.8) is 0 Å². The predicted octanol–water partition coefficient (Wildman–Crippen LogP) is 3.62. The average molecular weight is 419 g/mol. The molecule has 0 spiro atoms. The number of carbonyl (C=O) groups excluding carboxylic acids is 1. The summed E-state index contributed by atoms with van der Waals surface area (Å²) in [6.07, 6.45) is 4.32.